The number of hydrogen-bond donors (Lipinski definition) is 0. The van der Waals surface area contributed by atoms with E-state index in [1.165, 1.54) is 13.8 Å². The third-order valence-electron chi connectivity index (χ3n) is 1.91. The Hall–Kier alpha value is -1.44. The highest BCUT2D eigenvalue weighted by atomic mass is 16.1. The molecular weight excluding hydrogens is 164 g/mol. The van der Waals surface area contributed by atoms with E-state index < -0.39 is 0 Å². The largest absolute Gasteiger partial charge is 0.294 e. The Morgan fingerprint density at radius 2 is 1.77 bits per heavy atom. The van der Waals surface area contributed by atoms with Crippen molar-refractivity contribution in [3.05, 3.63) is 35.5 Å². The van der Waals surface area contributed by atoms with Crippen LogP contribution in [0, 0.1) is 0 Å². The van der Waals surface area contributed by atoms with E-state index in [4.69, 9.17) is 0 Å². The maximum atomic E-state index is 11.1. The van der Waals surface area contributed by atoms with Crippen LogP contribution in [0.25, 0.3) is 0 Å². The molecule has 2 heteroatoms. The predicted octanol–water partition coefficient (Wildman–Crippen LogP) is 1.98. The van der Waals surface area contributed by atoms with Crippen LogP contribution in [0.15, 0.2) is 35.5 Å². The lowest BCUT2D eigenvalue weighted by molar-refractivity contribution is -0.119. The van der Waals surface area contributed by atoms with Crippen molar-refractivity contribution < 1.29 is 9.59 Å². The van der Waals surface area contributed by atoms with Gasteiger partial charge in [0.1, 0.15) is 0 Å². The highest BCUT2D eigenvalue weighted by molar-refractivity contribution is 6.19. The Balaban J connectivity index is 3.10. The molecule has 0 saturated carbocycles. The summed E-state index contributed by atoms with van der Waals surface area (Å²) in [5.74, 6) is -0.301. The fourth-order valence-corrected chi connectivity index (χ4v) is 1.40. The zero-order valence-electron chi connectivity index (χ0n) is 7.83. The summed E-state index contributed by atoms with van der Waals surface area (Å²) in [6, 6.07) is 0. The second-order valence-electron chi connectivity index (χ2n) is 3.00. The van der Waals surface area contributed by atoms with Gasteiger partial charge in [0.2, 0.25) is 0 Å². The maximum absolute atomic E-state index is 11.1. The van der Waals surface area contributed by atoms with E-state index in [-0.39, 0.29) is 11.6 Å². The third-order valence-corrected chi connectivity index (χ3v) is 1.91. The molecular formula is C11H12O2. The van der Waals surface area contributed by atoms with Gasteiger partial charge in [0.25, 0.3) is 0 Å². The highest BCUT2D eigenvalue weighted by Crippen LogP contribution is 2.16. The second-order valence-corrected chi connectivity index (χ2v) is 3.00. The van der Waals surface area contributed by atoms with Crippen molar-refractivity contribution in [2.45, 2.75) is 20.3 Å². The summed E-state index contributed by atoms with van der Waals surface area (Å²) in [6.45, 7) is 2.85. The van der Waals surface area contributed by atoms with Crippen molar-refractivity contribution in [1.29, 1.82) is 0 Å². The van der Waals surface area contributed by atoms with Crippen molar-refractivity contribution in [3.8, 4) is 0 Å². The first-order valence-corrected chi connectivity index (χ1v) is 4.21. The smallest absolute Gasteiger partial charge is 0.163 e. The maximum Gasteiger partial charge on any atom is 0.163 e. The molecule has 0 aromatic heterocycles. The minimum Gasteiger partial charge on any atom is -0.294 e. The Kier molecular flexibility index (Phi) is 2.96. The van der Waals surface area contributed by atoms with Gasteiger partial charge < -0.3 is 0 Å². The lowest BCUT2D eigenvalue weighted by Crippen LogP contribution is -2.09. The average molecular weight is 176 g/mol. The lowest BCUT2D eigenvalue weighted by Gasteiger charge is -2.06. The van der Waals surface area contributed by atoms with E-state index in [9.17, 15) is 9.59 Å². The molecule has 0 amide bonds. The van der Waals surface area contributed by atoms with Gasteiger partial charge in [-0.05, 0) is 25.8 Å². The number of allylic oxidation sites excluding steroid dienone is 6. The first kappa shape index (κ1) is 9.65. The molecule has 0 aliphatic heterocycles. The summed E-state index contributed by atoms with van der Waals surface area (Å²) >= 11 is 0. The Labute approximate surface area is 77.6 Å². The Morgan fingerprint density at radius 3 is 2.15 bits per heavy atom. The van der Waals surface area contributed by atoms with Gasteiger partial charge in [-0.1, -0.05) is 24.3 Å². The Bertz CT molecular complexity index is 314. The Morgan fingerprint density at radius 1 is 1.15 bits per heavy atom. The minimum atomic E-state index is -0.151. The number of Topliss-reactive ketones (excluding diaryl/α,β-unsaturated/α-hetero) is 2. The van der Waals surface area contributed by atoms with Crippen molar-refractivity contribution in [2.75, 3.05) is 0 Å². The van der Waals surface area contributed by atoms with Crippen LogP contribution in [0.2, 0.25) is 0 Å². The number of carbonyl (C=O) groups excluding carboxylic acids is 2. The summed E-state index contributed by atoms with van der Waals surface area (Å²) in [6.07, 6.45) is 8.16. The van der Waals surface area contributed by atoms with Gasteiger partial charge in [0, 0.05) is 0 Å². The molecule has 0 saturated heterocycles. The molecule has 0 aromatic carbocycles. The summed E-state index contributed by atoms with van der Waals surface area (Å²) in [5, 5.41) is 0. The molecule has 2 nitrogen and oxygen atoms in total. The van der Waals surface area contributed by atoms with Crippen LogP contribution < -0.4 is 0 Å². The first-order chi connectivity index (χ1) is 6.13. The first-order valence-electron chi connectivity index (χ1n) is 4.21. The van der Waals surface area contributed by atoms with Crippen LogP contribution in [0.4, 0.5) is 0 Å². The highest BCUT2D eigenvalue weighted by Gasteiger charge is 2.14. The SMILES string of the molecule is CC(=O)C(C(C)=O)=C1C=CC=CC1. The van der Waals surface area contributed by atoms with E-state index in [1.807, 2.05) is 24.3 Å². The van der Waals surface area contributed by atoms with E-state index in [1.54, 1.807) is 0 Å². The molecule has 0 aromatic rings. The molecule has 68 valence electrons. The summed E-state index contributed by atoms with van der Waals surface area (Å²) in [4.78, 5) is 22.3. The minimum absolute atomic E-state index is 0.151. The molecule has 0 heterocycles. The molecule has 1 rings (SSSR count). The third kappa shape index (κ3) is 2.25. The monoisotopic (exact) mass is 176 g/mol. The van der Waals surface area contributed by atoms with Crippen molar-refractivity contribution in [3.63, 3.8) is 0 Å². The standard InChI is InChI=1S/C11H12O2/c1-8(12)11(9(2)13)10-6-4-3-5-7-10/h3-6H,7H2,1-2H3. The number of rotatable bonds is 2. The zero-order chi connectivity index (χ0) is 9.84. The fourth-order valence-electron chi connectivity index (χ4n) is 1.40. The van der Waals surface area contributed by atoms with Gasteiger partial charge in [0.15, 0.2) is 11.6 Å². The fraction of sp³-hybridized carbons (Fsp3) is 0.273. The number of carbonyl (C=O) groups is 2. The van der Waals surface area contributed by atoms with Gasteiger partial charge >= 0.3 is 0 Å². The molecule has 0 bridgehead atoms. The summed E-state index contributed by atoms with van der Waals surface area (Å²) < 4.78 is 0. The van der Waals surface area contributed by atoms with Crippen LogP contribution in [0.3, 0.4) is 0 Å². The molecule has 0 radical (unpaired) electrons. The molecule has 0 N–H and O–H groups in total. The quantitative estimate of drug-likeness (QED) is 0.366. The van der Waals surface area contributed by atoms with Gasteiger partial charge in [0.05, 0.1) is 5.57 Å². The molecule has 13 heavy (non-hydrogen) atoms. The molecule has 0 atom stereocenters. The van der Waals surface area contributed by atoms with Crippen LogP contribution in [-0.4, -0.2) is 11.6 Å². The van der Waals surface area contributed by atoms with Crippen LogP contribution in [0.5, 0.6) is 0 Å². The molecule has 1 aliphatic rings. The number of hydrogen-bond acceptors (Lipinski definition) is 2. The van der Waals surface area contributed by atoms with E-state index >= 15 is 0 Å². The molecule has 0 unspecified atom stereocenters. The van der Waals surface area contributed by atoms with Crippen molar-refractivity contribution in [2.24, 2.45) is 0 Å². The van der Waals surface area contributed by atoms with Crippen LogP contribution in [-0.2, 0) is 9.59 Å². The average Bonchev–Trinajstić information content (AvgIpc) is 2.04. The summed E-state index contributed by atoms with van der Waals surface area (Å²) in [5.41, 5.74) is 1.16. The van der Waals surface area contributed by atoms with Gasteiger partial charge in [-0.3, -0.25) is 9.59 Å². The van der Waals surface area contributed by atoms with Crippen LogP contribution >= 0.6 is 0 Å². The van der Waals surface area contributed by atoms with Crippen molar-refractivity contribution in [1.82, 2.24) is 0 Å². The van der Waals surface area contributed by atoms with Gasteiger partial charge in [-0.15, -0.1) is 0 Å². The van der Waals surface area contributed by atoms with Gasteiger partial charge in [-0.25, -0.2) is 0 Å². The van der Waals surface area contributed by atoms with E-state index in [2.05, 4.69) is 0 Å². The van der Waals surface area contributed by atoms with E-state index in [0.29, 0.717) is 12.0 Å². The second kappa shape index (κ2) is 3.99. The number of ketones is 2. The molecule has 0 fully saturated rings. The normalized spacial score (nSPS) is 14.5. The topological polar surface area (TPSA) is 34.1 Å². The van der Waals surface area contributed by atoms with Crippen molar-refractivity contribution >= 4 is 11.6 Å². The van der Waals surface area contributed by atoms with Gasteiger partial charge in [-0.2, -0.15) is 0 Å². The molecule has 0 spiro atoms. The zero-order valence-corrected chi connectivity index (χ0v) is 7.83. The van der Waals surface area contributed by atoms with E-state index in [0.717, 1.165) is 5.57 Å². The lowest BCUT2D eigenvalue weighted by atomic mass is 9.96. The van der Waals surface area contributed by atoms with Crippen LogP contribution in [0.1, 0.15) is 20.3 Å². The molecule has 1 aliphatic carbocycles. The predicted molar refractivity (Wildman–Crippen MR) is 51.3 cm³/mol. The summed E-state index contributed by atoms with van der Waals surface area (Å²) in [7, 11) is 0.